The fourth-order valence-corrected chi connectivity index (χ4v) is 3.62. The Hall–Kier alpha value is -3.80. The van der Waals surface area contributed by atoms with Crippen LogP contribution in [0.2, 0.25) is 0 Å². The molecule has 0 atom stereocenters. The zero-order valence-electron chi connectivity index (χ0n) is 16.6. The predicted molar refractivity (Wildman–Crippen MR) is 115 cm³/mol. The summed E-state index contributed by atoms with van der Waals surface area (Å²) in [4.78, 5) is 17.7. The molecule has 4 aromatic rings. The van der Waals surface area contributed by atoms with Crippen LogP contribution in [-0.2, 0) is 11.2 Å². The van der Waals surface area contributed by atoms with Crippen molar-refractivity contribution in [3.63, 3.8) is 0 Å². The van der Waals surface area contributed by atoms with E-state index in [1.807, 2.05) is 78.2 Å². The molecule has 1 aliphatic heterocycles. The van der Waals surface area contributed by atoms with E-state index in [9.17, 15) is 4.79 Å². The Balaban J connectivity index is 1.46. The van der Waals surface area contributed by atoms with Crippen molar-refractivity contribution in [2.75, 3.05) is 18.5 Å². The minimum atomic E-state index is -0.119. The highest BCUT2D eigenvalue weighted by Crippen LogP contribution is 2.32. The summed E-state index contributed by atoms with van der Waals surface area (Å²) in [6.07, 6.45) is 2.16. The highest BCUT2D eigenvalue weighted by atomic mass is 16.6. The van der Waals surface area contributed by atoms with Gasteiger partial charge < -0.3 is 14.8 Å². The summed E-state index contributed by atoms with van der Waals surface area (Å²) < 4.78 is 13.1. The van der Waals surface area contributed by atoms with Gasteiger partial charge in [-0.25, -0.2) is 4.98 Å². The van der Waals surface area contributed by atoms with Crippen molar-refractivity contribution in [1.82, 2.24) is 9.38 Å². The number of imidazole rings is 1. The van der Waals surface area contributed by atoms with E-state index >= 15 is 0 Å². The average Bonchev–Trinajstić information content (AvgIpc) is 3.11. The van der Waals surface area contributed by atoms with Crippen LogP contribution in [0.5, 0.6) is 11.5 Å². The van der Waals surface area contributed by atoms with Crippen molar-refractivity contribution in [3.8, 4) is 22.8 Å². The summed E-state index contributed by atoms with van der Waals surface area (Å²) in [7, 11) is 0. The Kier molecular flexibility index (Phi) is 4.59. The fraction of sp³-hybridized carbons (Fsp3) is 0.167. The molecule has 6 nitrogen and oxygen atoms in total. The summed E-state index contributed by atoms with van der Waals surface area (Å²) in [6.45, 7) is 3.09. The molecular weight excluding hydrogens is 378 g/mol. The number of nitrogens with zero attached hydrogens (tertiary/aromatic N) is 2. The number of carbonyl (C=O) groups is 1. The number of ether oxygens (including phenoxy) is 2. The van der Waals surface area contributed by atoms with E-state index in [4.69, 9.17) is 14.5 Å². The minimum Gasteiger partial charge on any atom is -0.486 e. The minimum absolute atomic E-state index is 0.119. The van der Waals surface area contributed by atoms with Crippen LogP contribution in [0.1, 0.15) is 11.1 Å². The maximum absolute atomic E-state index is 12.9. The Bertz CT molecular complexity index is 1230. The van der Waals surface area contributed by atoms with Crippen LogP contribution in [0.4, 0.5) is 5.82 Å². The summed E-state index contributed by atoms with van der Waals surface area (Å²) in [6, 6.07) is 19.5. The lowest BCUT2D eigenvalue weighted by atomic mass is 10.1. The molecule has 1 amide bonds. The Labute approximate surface area is 174 Å². The number of fused-ring (bicyclic) bond motifs is 2. The lowest BCUT2D eigenvalue weighted by Crippen LogP contribution is -2.18. The van der Waals surface area contributed by atoms with Gasteiger partial charge in [-0.15, -0.1) is 0 Å². The number of pyridine rings is 1. The number of carbonyl (C=O) groups excluding carboxylic acids is 1. The summed E-state index contributed by atoms with van der Waals surface area (Å²) in [5.41, 5.74) is 4.47. The van der Waals surface area contributed by atoms with Gasteiger partial charge in [-0.1, -0.05) is 36.4 Å². The van der Waals surface area contributed by atoms with Crippen molar-refractivity contribution < 1.29 is 14.3 Å². The van der Waals surface area contributed by atoms with Crippen LogP contribution in [0.25, 0.3) is 16.9 Å². The van der Waals surface area contributed by atoms with Gasteiger partial charge in [-0.3, -0.25) is 9.20 Å². The van der Waals surface area contributed by atoms with Crippen LogP contribution < -0.4 is 14.8 Å². The quantitative estimate of drug-likeness (QED) is 0.557. The van der Waals surface area contributed by atoms with Gasteiger partial charge in [0, 0.05) is 11.8 Å². The van der Waals surface area contributed by atoms with Gasteiger partial charge in [0.2, 0.25) is 5.91 Å². The molecule has 0 aliphatic carbocycles. The smallest absolute Gasteiger partial charge is 0.229 e. The highest BCUT2D eigenvalue weighted by molar-refractivity contribution is 5.95. The topological polar surface area (TPSA) is 64.9 Å². The number of amides is 1. The number of anilines is 1. The molecule has 30 heavy (non-hydrogen) atoms. The largest absolute Gasteiger partial charge is 0.486 e. The van der Waals surface area contributed by atoms with Gasteiger partial charge in [0.1, 0.15) is 30.4 Å². The first-order valence-corrected chi connectivity index (χ1v) is 9.90. The highest BCUT2D eigenvalue weighted by Gasteiger charge is 2.18. The lowest BCUT2D eigenvalue weighted by Gasteiger charge is -2.18. The van der Waals surface area contributed by atoms with Crippen LogP contribution >= 0.6 is 0 Å². The second-order valence-electron chi connectivity index (χ2n) is 7.31. The van der Waals surface area contributed by atoms with Crippen molar-refractivity contribution in [2.45, 2.75) is 13.3 Å². The second kappa shape index (κ2) is 7.55. The monoisotopic (exact) mass is 399 g/mol. The van der Waals surface area contributed by atoms with Crippen LogP contribution in [0.15, 0.2) is 66.9 Å². The molecule has 0 fully saturated rings. The maximum Gasteiger partial charge on any atom is 0.229 e. The molecule has 0 radical (unpaired) electrons. The third-order valence-corrected chi connectivity index (χ3v) is 5.06. The van der Waals surface area contributed by atoms with Crippen molar-refractivity contribution >= 4 is 17.4 Å². The number of rotatable bonds is 4. The molecule has 150 valence electrons. The fourth-order valence-electron chi connectivity index (χ4n) is 3.62. The van der Waals surface area contributed by atoms with E-state index in [0.29, 0.717) is 30.5 Å². The van der Waals surface area contributed by atoms with Crippen LogP contribution in [-0.4, -0.2) is 28.5 Å². The Morgan fingerprint density at radius 3 is 2.67 bits per heavy atom. The summed E-state index contributed by atoms with van der Waals surface area (Å²) in [5.74, 6) is 1.95. The third kappa shape index (κ3) is 3.48. The zero-order valence-corrected chi connectivity index (χ0v) is 16.6. The molecule has 1 aliphatic rings. The van der Waals surface area contributed by atoms with Gasteiger partial charge in [0.25, 0.3) is 0 Å². The lowest BCUT2D eigenvalue weighted by molar-refractivity contribution is -0.115. The summed E-state index contributed by atoms with van der Waals surface area (Å²) in [5, 5.41) is 3.07. The molecule has 0 spiro atoms. The van der Waals surface area contributed by atoms with Gasteiger partial charge in [0.15, 0.2) is 11.5 Å². The van der Waals surface area contributed by atoms with Crippen LogP contribution in [0.3, 0.4) is 0 Å². The molecular formula is C24H21N3O3. The molecule has 2 aromatic heterocycles. The number of hydrogen-bond donors (Lipinski definition) is 1. The van der Waals surface area contributed by atoms with Crippen molar-refractivity contribution in [2.24, 2.45) is 0 Å². The van der Waals surface area contributed by atoms with Crippen LogP contribution in [0, 0.1) is 6.92 Å². The Morgan fingerprint density at radius 1 is 1.03 bits per heavy atom. The number of hydrogen-bond acceptors (Lipinski definition) is 4. The molecule has 2 aromatic carbocycles. The normalized spacial score (nSPS) is 12.7. The molecule has 0 bridgehead atoms. The van der Waals surface area contributed by atoms with E-state index in [1.165, 1.54) is 0 Å². The van der Waals surface area contributed by atoms with Gasteiger partial charge in [-0.2, -0.15) is 0 Å². The number of nitrogens with one attached hydrogen (secondary N) is 1. The Morgan fingerprint density at radius 2 is 1.83 bits per heavy atom. The molecule has 0 saturated carbocycles. The first-order chi connectivity index (χ1) is 14.7. The molecule has 0 unspecified atom stereocenters. The summed E-state index contributed by atoms with van der Waals surface area (Å²) >= 11 is 0. The average molecular weight is 399 g/mol. The first kappa shape index (κ1) is 18.2. The van der Waals surface area contributed by atoms with E-state index in [1.54, 1.807) is 0 Å². The number of aryl methyl sites for hydroxylation is 1. The van der Waals surface area contributed by atoms with Gasteiger partial charge in [-0.05, 0) is 42.3 Å². The van der Waals surface area contributed by atoms with E-state index < -0.39 is 0 Å². The first-order valence-electron chi connectivity index (χ1n) is 9.90. The van der Waals surface area contributed by atoms with E-state index in [2.05, 4.69) is 5.32 Å². The molecule has 1 N–H and O–H groups in total. The van der Waals surface area contributed by atoms with Gasteiger partial charge >= 0.3 is 0 Å². The molecule has 0 saturated heterocycles. The molecule has 6 heteroatoms. The van der Waals surface area contributed by atoms with Crippen molar-refractivity contribution in [1.29, 1.82) is 0 Å². The number of benzene rings is 2. The standard InChI is InChI=1S/C24H21N3O3/c1-16-9-10-27-21(13-16)25-23(18-5-3-2-4-6-18)24(27)26-22(28)15-17-7-8-19-20(14-17)30-12-11-29-19/h2-10,13-14H,11-12,15H2,1H3,(H,26,28). The SMILES string of the molecule is Cc1ccn2c(NC(=O)Cc3ccc4c(c3)OCCO4)c(-c3ccccc3)nc2c1. The molecule has 5 rings (SSSR count). The molecule has 3 heterocycles. The predicted octanol–water partition coefficient (Wildman–Crippen LogP) is 4.26. The van der Waals surface area contributed by atoms with E-state index in [0.717, 1.165) is 28.0 Å². The third-order valence-electron chi connectivity index (χ3n) is 5.06. The maximum atomic E-state index is 12.9. The van der Waals surface area contributed by atoms with E-state index in [-0.39, 0.29) is 12.3 Å². The zero-order chi connectivity index (χ0) is 20.5. The van der Waals surface area contributed by atoms with Gasteiger partial charge in [0.05, 0.1) is 6.42 Å². The number of aromatic nitrogens is 2. The van der Waals surface area contributed by atoms with Crippen molar-refractivity contribution in [3.05, 3.63) is 78.0 Å². The second-order valence-corrected chi connectivity index (χ2v) is 7.31.